The van der Waals surface area contributed by atoms with E-state index in [0.29, 0.717) is 5.88 Å². The highest BCUT2D eigenvalue weighted by Crippen LogP contribution is 2.22. The van der Waals surface area contributed by atoms with Gasteiger partial charge in [0.05, 0.1) is 16.8 Å². The Hall–Kier alpha value is -1.33. The number of carboxylic acids is 1. The Kier molecular flexibility index (Phi) is 4.04. The lowest BCUT2D eigenvalue weighted by Gasteiger charge is -2.28. The summed E-state index contributed by atoms with van der Waals surface area (Å²) in [7, 11) is 2.07. The van der Waals surface area contributed by atoms with Crippen molar-refractivity contribution in [1.29, 1.82) is 0 Å². The standard InChI is InChI=1S/C12H15ClN2O3/c1-15-4-2-8(3-5-15)18-11-6-9(12(16)17)10(13)7-14-11/h6-8H,2-5H2,1H3,(H,16,17). The van der Waals surface area contributed by atoms with Crippen molar-refractivity contribution in [3.8, 4) is 5.88 Å². The van der Waals surface area contributed by atoms with E-state index in [0.717, 1.165) is 25.9 Å². The molecule has 0 radical (unpaired) electrons. The first-order valence-electron chi connectivity index (χ1n) is 5.80. The molecule has 5 nitrogen and oxygen atoms in total. The highest BCUT2D eigenvalue weighted by molar-refractivity contribution is 6.33. The van der Waals surface area contributed by atoms with Crippen LogP contribution in [0.3, 0.4) is 0 Å². The van der Waals surface area contributed by atoms with Crippen LogP contribution in [0.15, 0.2) is 12.3 Å². The van der Waals surface area contributed by atoms with Gasteiger partial charge in [-0.15, -0.1) is 0 Å². The second kappa shape index (κ2) is 5.54. The third-order valence-corrected chi connectivity index (χ3v) is 3.31. The van der Waals surface area contributed by atoms with Gasteiger partial charge in [-0.25, -0.2) is 9.78 Å². The molecule has 1 aromatic heterocycles. The van der Waals surface area contributed by atoms with Crippen LogP contribution in [0.2, 0.25) is 5.02 Å². The van der Waals surface area contributed by atoms with Crippen molar-refractivity contribution >= 4 is 17.6 Å². The molecule has 0 aliphatic carbocycles. The van der Waals surface area contributed by atoms with E-state index in [1.807, 2.05) is 0 Å². The number of piperidine rings is 1. The van der Waals surface area contributed by atoms with E-state index in [-0.39, 0.29) is 16.7 Å². The van der Waals surface area contributed by atoms with Gasteiger partial charge in [0.2, 0.25) is 5.88 Å². The number of pyridine rings is 1. The number of aromatic nitrogens is 1. The molecule has 1 aliphatic heterocycles. The van der Waals surface area contributed by atoms with E-state index in [2.05, 4.69) is 16.9 Å². The van der Waals surface area contributed by atoms with E-state index >= 15 is 0 Å². The van der Waals surface area contributed by atoms with Gasteiger partial charge in [-0.1, -0.05) is 11.6 Å². The van der Waals surface area contributed by atoms with E-state index in [1.165, 1.54) is 12.3 Å². The van der Waals surface area contributed by atoms with Gasteiger partial charge in [-0.05, 0) is 19.9 Å². The fraction of sp³-hybridized carbons (Fsp3) is 0.500. The molecule has 18 heavy (non-hydrogen) atoms. The zero-order valence-electron chi connectivity index (χ0n) is 10.1. The highest BCUT2D eigenvalue weighted by atomic mass is 35.5. The molecule has 0 atom stereocenters. The molecule has 6 heteroatoms. The summed E-state index contributed by atoms with van der Waals surface area (Å²) >= 11 is 5.75. The van der Waals surface area contributed by atoms with Crippen LogP contribution in [0.5, 0.6) is 5.88 Å². The summed E-state index contributed by atoms with van der Waals surface area (Å²) < 4.78 is 5.69. The molecular weight excluding hydrogens is 256 g/mol. The van der Waals surface area contributed by atoms with Crippen LogP contribution < -0.4 is 4.74 Å². The van der Waals surface area contributed by atoms with Crippen LogP contribution in [0.4, 0.5) is 0 Å². The molecule has 2 rings (SSSR count). The molecule has 1 saturated heterocycles. The van der Waals surface area contributed by atoms with E-state index in [9.17, 15) is 4.79 Å². The molecular formula is C12H15ClN2O3. The molecule has 1 aliphatic rings. The Morgan fingerprint density at radius 3 is 2.83 bits per heavy atom. The molecule has 0 unspecified atom stereocenters. The van der Waals surface area contributed by atoms with Crippen molar-refractivity contribution in [3.63, 3.8) is 0 Å². The molecule has 2 heterocycles. The first-order valence-corrected chi connectivity index (χ1v) is 6.18. The Morgan fingerprint density at radius 1 is 1.56 bits per heavy atom. The largest absolute Gasteiger partial charge is 0.478 e. The number of halogens is 1. The quantitative estimate of drug-likeness (QED) is 0.909. The van der Waals surface area contributed by atoms with Crippen LogP contribution in [-0.4, -0.2) is 47.2 Å². The minimum Gasteiger partial charge on any atom is -0.478 e. The third kappa shape index (κ3) is 3.11. The number of nitrogens with zero attached hydrogens (tertiary/aromatic N) is 2. The summed E-state index contributed by atoms with van der Waals surface area (Å²) in [5.74, 6) is -0.748. The predicted molar refractivity (Wildman–Crippen MR) is 67.4 cm³/mol. The molecule has 0 bridgehead atoms. The fourth-order valence-electron chi connectivity index (χ4n) is 1.92. The number of ether oxygens (including phenoxy) is 1. The van der Waals surface area contributed by atoms with Gasteiger partial charge in [0, 0.05) is 19.2 Å². The molecule has 0 spiro atoms. The molecule has 0 saturated carbocycles. The fourth-order valence-corrected chi connectivity index (χ4v) is 2.11. The normalized spacial score (nSPS) is 17.7. The lowest BCUT2D eigenvalue weighted by molar-refractivity contribution is 0.0694. The van der Waals surface area contributed by atoms with E-state index in [4.69, 9.17) is 21.4 Å². The van der Waals surface area contributed by atoms with Gasteiger partial charge in [-0.2, -0.15) is 0 Å². The minimum absolute atomic E-state index is 0.0228. The topological polar surface area (TPSA) is 62.7 Å². The molecule has 0 amide bonds. The van der Waals surface area contributed by atoms with Gasteiger partial charge in [0.1, 0.15) is 6.10 Å². The first-order chi connectivity index (χ1) is 8.56. The van der Waals surface area contributed by atoms with Crippen molar-refractivity contribution in [3.05, 3.63) is 22.8 Å². The summed E-state index contributed by atoms with van der Waals surface area (Å²) in [6.07, 6.45) is 3.25. The molecule has 1 fully saturated rings. The van der Waals surface area contributed by atoms with Gasteiger partial charge >= 0.3 is 5.97 Å². The Morgan fingerprint density at radius 2 is 2.22 bits per heavy atom. The number of hydrogen-bond acceptors (Lipinski definition) is 4. The number of aromatic carboxylic acids is 1. The van der Waals surface area contributed by atoms with Gasteiger partial charge < -0.3 is 14.7 Å². The average molecular weight is 271 g/mol. The smallest absolute Gasteiger partial charge is 0.337 e. The van der Waals surface area contributed by atoms with E-state index in [1.54, 1.807) is 0 Å². The van der Waals surface area contributed by atoms with Crippen molar-refractivity contribution in [2.24, 2.45) is 0 Å². The second-order valence-electron chi connectivity index (χ2n) is 4.43. The van der Waals surface area contributed by atoms with Crippen molar-refractivity contribution in [2.75, 3.05) is 20.1 Å². The van der Waals surface area contributed by atoms with Crippen molar-refractivity contribution in [1.82, 2.24) is 9.88 Å². The van der Waals surface area contributed by atoms with Crippen LogP contribution in [0.25, 0.3) is 0 Å². The molecule has 1 N–H and O–H groups in total. The zero-order valence-corrected chi connectivity index (χ0v) is 10.9. The van der Waals surface area contributed by atoms with Crippen molar-refractivity contribution < 1.29 is 14.6 Å². The average Bonchev–Trinajstić information content (AvgIpc) is 2.34. The summed E-state index contributed by atoms with van der Waals surface area (Å²) in [6.45, 7) is 1.95. The maximum absolute atomic E-state index is 10.9. The lowest BCUT2D eigenvalue weighted by Crippen LogP contribution is -2.35. The third-order valence-electron chi connectivity index (χ3n) is 3.01. The SMILES string of the molecule is CN1CCC(Oc2cc(C(=O)O)c(Cl)cn2)CC1. The van der Waals surface area contributed by atoms with Gasteiger partial charge in [0.15, 0.2) is 0 Å². The first kappa shape index (κ1) is 13.1. The van der Waals surface area contributed by atoms with Crippen molar-refractivity contribution in [2.45, 2.75) is 18.9 Å². The Balaban J connectivity index is 2.05. The summed E-state index contributed by atoms with van der Waals surface area (Å²) in [5.41, 5.74) is 0.0228. The number of rotatable bonds is 3. The molecule has 98 valence electrons. The zero-order chi connectivity index (χ0) is 13.1. The summed E-state index contributed by atoms with van der Waals surface area (Å²) in [5, 5.41) is 9.08. The monoisotopic (exact) mass is 270 g/mol. The van der Waals surface area contributed by atoms with Crippen LogP contribution in [0.1, 0.15) is 23.2 Å². The molecule has 0 aromatic carbocycles. The number of carbonyl (C=O) groups is 1. The van der Waals surface area contributed by atoms with Crippen LogP contribution in [-0.2, 0) is 0 Å². The van der Waals surface area contributed by atoms with Crippen LogP contribution >= 0.6 is 11.6 Å². The van der Waals surface area contributed by atoms with E-state index < -0.39 is 5.97 Å². The number of hydrogen-bond donors (Lipinski definition) is 1. The van der Waals surface area contributed by atoms with Gasteiger partial charge in [-0.3, -0.25) is 0 Å². The highest BCUT2D eigenvalue weighted by Gasteiger charge is 2.19. The summed E-state index contributed by atoms with van der Waals surface area (Å²) in [4.78, 5) is 17.2. The predicted octanol–water partition coefficient (Wildman–Crippen LogP) is 1.91. The lowest BCUT2D eigenvalue weighted by atomic mass is 10.1. The number of carboxylic acid groups (broad SMARTS) is 1. The Bertz CT molecular complexity index is 445. The Labute approximate surface area is 110 Å². The maximum Gasteiger partial charge on any atom is 0.337 e. The minimum atomic E-state index is -1.07. The number of likely N-dealkylation sites (tertiary alicyclic amines) is 1. The second-order valence-corrected chi connectivity index (χ2v) is 4.84. The van der Waals surface area contributed by atoms with Gasteiger partial charge in [0.25, 0.3) is 0 Å². The van der Waals surface area contributed by atoms with Crippen LogP contribution in [0, 0.1) is 0 Å². The maximum atomic E-state index is 10.9. The summed E-state index contributed by atoms with van der Waals surface area (Å²) in [6, 6.07) is 1.38. The molecule has 1 aromatic rings.